The highest BCUT2D eigenvalue weighted by Gasteiger charge is 2.60. The molecular formula is C51H53N5O7Si. The zero-order valence-corrected chi connectivity index (χ0v) is 37.6. The van der Waals surface area contributed by atoms with Crippen LogP contribution in [0.4, 0.5) is 5.82 Å². The molecule has 64 heavy (non-hydrogen) atoms. The summed E-state index contributed by atoms with van der Waals surface area (Å²) >= 11 is 0. The van der Waals surface area contributed by atoms with Crippen molar-refractivity contribution in [1.29, 1.82) is 0 Å². The van der Waals surface area contributed by atoms with Crippen molar-refractivity contribution in [3.63, 3.8) is 0 Å². The lowest BCUT2D eigenvalue weighted by Crippen LogP contribution is -2.56. The summed E-state index contributed by atoms with van der Waals surface area (Å²) < 4.78 is 36.7. The molecular weight excluding hydrogens is 823 g/mol. The predicted octanol–water partition coefficient (Wildman–Crippen LogP) is 7.44. The molecule has 1 unspecified atom stereocenters. The van der Waals surface area contributed by atoms with E-state index in [1.807, 2.05) is 103 Å². The van der Waals surface area contributed by atoms with Crippen LogP contribution in [0, 0.1) is 5.41 Å². The van der Waals surface area contributed by atoms with E-state index in [0.717, 1.165) is 21.5 Å². The van der Waals surface area contributed by atoms with Gasteiger partial charge in [0.1, 0.15) is 18.0 Å². The quantitative estimate of drug-likeness (QED) is 0.0727. The molecule has 0 saturated carbocycles. The molecule has 1 amide bonds. The molecule has 1 N–H and O–H groups in total. The van der Waals surface area contributed by atoms with Gasteiger partial charge in [-0.2, -0.15) is 0 Å². The van der Waals surface area contributed by atoms with Crippen molar-refractivity contribution in [3.8, 4) is 0 Å². The van der Waals surface area contributed by atoms with Crippen molar-refractivity contribution in [2.24, 2.45) is 5.41 Å². The third kappa shape index (κ3) is 10.4. The normalized spacial score (nSPS) is 19.1. The van der Waals surface area contributed by atoms with Gasteiger partial charge in [0, 0.05) is 18.9 Å². The Morgan fingerprint density at radius 3 is 1.91 bits per heavy atom. The summed E-state index contributed by atoms with van der Waals surface area (Å²) in [6.07, 6.45) is -0.130. The maximum atomic E-state index is 13.3. The van der Waals surface area contributed by atoms with E-state index in [2.05, 4.69) is 60.3 Å². The lowest BCUT2D eigenvalue weighted by Gasteiger charge is -2.42. The molecule has 1 aliphatic rings. The van der Waals surface area contributed by atoms with Crippen LogP contribution in [0.2, 0.25) is 0 Å². The first-order chi connectivity index (χ1) is 31.1. The number of nitrogens with one attached hydrogen (secondary N) is 1. The minimum Gasteiger partial charge on any atom is -0.455 e. The van der Waals surface area contributed by atoms with Crippen LogP contribution in [0.3, 0.4) is 0 Å². The summed E-state index contributed by atoms with van der Waals surface area (Å²) in [6, 6.07) is 49.4. The van der Waals surface area contributed by atoms with Gasteiger partial charge in [-0.05, 0) is 39.0 Å². The van der Waals surface area contributed by atoms with E-state index in [0.29, 0.717) is 29.8 Å². The fourth-order valence-electron chi connectivity index (χ4n) is 8.15. The fourth-order valence-corrected chi connectivity index (χ4v) is 10.8. The first-order valence-electron chi connectivity index (χ1n) is 21.5. The summed E-state index contributed by atoms with van der Waals surface area (Å²) in [5, 5.41) is 5.17. The Morgan fingerprint density at radius 2 is 1.33 bits per heavy atom. The lowest BCUT2D eigenvalue weighted by molar-refractivity contribution is -0.175. The van der Waals surface area contributed by atoms with Crippen LogP contribution in [0.1, 0.15) is 61.8 Å². The number of fused-ring (bicyclic) bond motifs is 1. The van der Waals surface area contributed by atoms with Gasteiger partial charge in [-0.3, -0.25) is 14.2 Å². The Balaban J connectivity index is 1.24. The predicted molar refractivity (Wildman–Crippen MR) is 247 cm³/mol. The highest BCUT2D eigenvalue weighted by atomic mass is 28.3. The Morgan fingerprint density at radius 1 is 0.766 bits per heavy atom. The Bertz CT molecular complexity index is 2560. The molecule has 328 valence electrons. The Labute approximate surface area is 375 Å². The topological polar surface area (TPSA) is 136 Å². The molecule has 0 aliphatic carbocycles. The maximum Gasteiger partial charge on any atom is 0.303 e. The van der Waals surface area contributed by atoms with Gasteiger partial charge in [-0.15, -0.1) is 0 Å². The third-order valence-corrected chi connectivity index (χ3v) is 14.0. The third-order valence-electron chi connectivity index (χ3n) is 11.4. The van der Waals surface area contributed by atoms with Gasteiger partial charge in [0.05, 0.1) is 32.3 Å². The Kier molecular flexibility index (Phi) is 13.8. The van der Waals surface area contributed by atoms with Crippen molar-refractivity contribution in [2.45, 2.75) is 77.5 Å². The zero-order valence-electron chi connectivity index (χ0n) is 36.5. The van der Waals surface area contributed by atoms with Crippen LogP contribution in [0.15, 0.2) is 164 Å². The van der Waals surface area contributed by atoms with Crippen LogP contribution >= 0.6 is 0 Å². The molecule has 0 spiro atoms. The number of amides is 1. The number of ether oxygens (including phenoxy) is 4. The van der Waals surface area contributed by atoms with E-state index in [4.69, 9.17) is 28.4 Å². The second-order valence-electron chi connectivity index (χ2n) is 17.1. The van der Waals surface area contributed by atoms with Gasteiger partial charge >= 0.3 is 5.97 Å². The lowest BCUT2D eigenvalue weighted by atomic mass is 9.79. The number of anilines is 1. The molecule has 0 bridgehead atoms. The summed E-state index contributed by atoms with van der Waals surface area (Å²) in [5.41, 5.74) is 1.34. The molecule has 12 nitrogen and oxygen atoms in total. The number of aromatic nitrogens is 4. The maximum absolute atomic E-state index is 13.3. The molecule has 0 radical (unpaired) electrons. The monoisotopic (exact) mass is 875 g/mol. The number of benzene rings is 5. The molecule has 5 atom stereocenters. The second-order valence-corrected chi connectivity index (χ2v) is 19.5. The largest absolute Gasteiger partial charge is 0.455 e. The number of hydrogen-bond donors (Lipinski definition) is 1. The van der Waals surface area contributed by atoms with Crippen LogP contribution in [0.5, 0.6) is 0 Å². The van der Waals surface area contributed by atoms with E-state index in [1.165, 1.54) is 13.3 Å². The molecule has 7 aromatic rings. The number of imidazole rings is 1. The molecule has 8 rings (SSSR count). The van der Waals surface area contributed by atoms with Crippen LogP contribution in [0.25, 0.3) is 11.2 Å². The van der Waals surface area contributed by atoms with E-state index < -0.39 is 50.6 Å². The summed E-state index contributed by atoms with van der Waals surface area (Å²) in [7, 11) is -2.33. The molecule has 13 heteroatoms. The van der Waals surface area contributed by atoms with Gasteiger partial charge < -0.3 is 28.7 Å². The smallest absolute Gasteiger partial charge is 0.303 e. The average molecular weight is 876 g/mol. The number of hydrogen-bond acceptors (Lipinski definition) is 10. The van der Waals surface area contributed by atoms with Crippen LogP contribution in [-0.2, 0) is 41.4 Å². The molecule has 5 aromatic carbocycles. The summed E-state index contributed by atoms with van der Waals surface area (Å²) in [4.78, 5) is 40.4. The minimum atomic E-state index is -2.33. The summed E-state index contributed by atoms with van der Waals surface area (Å²) in [5.74, 6) is -0.657. The van der Waals surface area contributed by atoms with Gasteiger partial charge in [0.15, 0.2) is 29.3 Å². The molecule has 1 saturated heterocycles. The Hall–Kier alpha value is -6.35. The van der Waals surface area contributed by atoms with E-state index in [-0.39, 0.29) is 24.9 Å². The van der Waals surface area contributed by atoms with Crippen molar-refractivity contribution in [3.05, 3.63) is 181 Å². The van der Waals surface area contributed by atoms with Gasteiger partial charge in [0.25, 0.3) is 5.91 Å². The number of rotatable bonds is 17. The molecule has 3 heterocycles. The minimum absolute atomic E-state index is 0.0500. The second kappa shape index (κ2) is 20.0. The van der Waals surface area contributed by atoms with E-state index >= 15 is 0 Å². The van der Waals surface area contributed by atoms with Gasteiger partial charge in [0.2, 0.25) is 9.04 Å². The first kappa shape index (κ1) is 44.3. The van der Waals surface area contributed by atoms with Crippen molar-refractivity contribution in [1.82, 2.24) is 19.5 Å². The van der Waals surface area contributed by atoms with Crippen molar-refractivity contribution < 1.29 is 33.0 Å². The SMILES string of the molecule is CC(=O)O[C@H]1[C@H](n2cnc3c(NC(=O)c4ccccc4)ncnc32)O[C@@](COCc2ccccc2)(CC(O[SiH](c2ccccc2)c2ccccc2)C(C)(C)C)[C@H]1OCc1ccccc1. The summed E-state index contributed by atoms with van der Waals surface area (Å²) in [6.45, 7) is 8.40. The van der Waals surface area contributed by atoms with Crippen molar-refractivity contribution in [2.75, 3.05) is 11.9 Å². The highest BCUT2D eigenvalue weighted by molar-refractivity contribution is 6.80. The standard InChI is InChI=1S/C51H53N5O7Si/c1-36(57)61-44-45(60-32-38-22-12-6-13-23-38)51(33-59-31-37-20-10-5-11-21-37,30-42(50(2,3)4)63-64(40-26-16-8-17-27-40)41-28-18-9-19-29-41)62-49(44)56-35-54-43-46(52-34-53-47(43)56)55-48(58)39-24-14-7-15-25-39/h5-29,34-35,42,44-45,49,64H,30-33H2,1-4H3,(H,52,53,55,58)/t42?,44-,45+,49-,51-/m1/s1. The van der Waals surface area contributed by atoms with Crippen LogP contribution in [-0.4, -0.2) is 71.0 Å². The number of carbonyl (C=O) groups is 2. The van der Waals surface area contributed by atoms with Crippen LogP contribution < -0.4 is 15.7 Å². The first-order valence-corrected chi connectivity index (χ1v) is 23.1. The highest BCUT2D eigenvalue weighted by Crippen LogP contribution is 2.47. The van der Waals surface area contributed by atoms with E-state index in [9.17, 15) is 9.59 Å². The molecule has 1 fully saturated rings. The zero-order chi connectivity index (χ0) is 44.5. The van der Waals surface area contributed by atoms with Gasteiger partial charge in [-0.1, -0.05) is 160 Å². The van der Waals surface area contributed by atoms with Gasteiger partial charge in [-0.25, -0.2) is 15.0 Å². The molecule has 1 aliphatic heterocycles. The average Bonchev–Trinajstić information content (AvgIpc) is 3.87. The fraction of sp³-hybridized carbons (Fsp3) is 0.275. The van der Waals surface area contributed by atoms with Crippen molar-refractivity contribution >= 4 is 48.3 Å². The number of nitrogens with zero attached hydrogens (tertiary/aromatic N) is 4. The number of carbonyl (C=O) groups excluding carboxylic acids is 2. The van der Waals surface area contributed by atoms with E-state index in [1.54, 1.807) is 35.2 Å². The molecule has 2 aromatic heterocycles. The number of esters is 1.